The van der Waals surface area contributed by atoms with Crippen molar-refractivity contribution < 1.29 is 104 Å². The lowest BCUT2D eigenvalue weighted by molar-refractivity contribution is -0.388. The normalized spacial score (nSPS) is 51.2. The second kappa shape index (κ2) is 16.9. The molecule has 0 aromatic heterocycles. The molecule has 0 aromatic carbocycles. The van der Waals surface area contributed by atoms with E-state index in [0.29, 0.717) is 0 Å². The Morgan fingerprint density at radius 1 is 0.404 bits per heavy atom. The van der Waals surface area contributed by atoms with Gasteiger partial charge in [0.2, 0.25) is 0 Å². The van der Waals surface area contributed by atoms with E-state index in [1.165, 1.54) is 14.2 Å². The molecule has 0 bridgehead atoms. The Morgan fingerprint density at radius 3 is 1.23 bits per heavy atom. The fourth-order valence-electron chi connectivity index (χ4n) is 5.85. The molecule has 20 atom stereocenters. The fourth-order valence-corrected chi connectivity index (χ4v) is 5.85. The van der Waals surface area contributed by atoms with E-state index < -0.39 is 136 Å². The summed E-state index contributed by atoms with van der Waals surface area (Å²) < 4.78 is 48.8. The van der Waals surface area contributed by atoms with Gasteiger partial charge in [-0.2, -0.15) is 0 Å². The third-order valence-corrected chi connectivity index (χ3v) is 8.50. The molecule has 0 aliphatic carbocycles. The Bertz CT molecular complexity index is 946. The van der Waals surface area contributed by atoms with Crippen molar-refractivity contribution in [1.82, 2.24) is 0 Å². The van der Waals surface area contributed by atoms with Crippen LogP contribution < -0.4 is 0 Å². The van der Waals surface area contributed by atoms with Crippen LogP contribution in [0.25, 0.3) is 0 Å². The van der Waals surface area contributed by atoms with E-state index in [-0.39, 0.29) is 13.2 Å². The predicted molar refractivity (Wildman–Crippen MR) is 143 cm³/mol. The molecule has 0 aromatic rings. The number of rotatable bonds is 12. The zero-order chi connectivity index (χ0) is 34.7. The van der Waals surface area contributed by atoms with Crippen LogP contribution in [0.5, 0.6) is 0 Å². The molecule has 0 amide bonds. The van der Waals surface area contributed by atoms with Gasteiger partial charge in [-0.15, -0.1) is 0 Å². The molecule has 47 heavy (non-hydrogen) atoms. The van der Waals surface area contributed by atoms with Gasteiger partial charge in [-0.3, -0.25) is 0 Å². The highest BCUT2D eigenvalue weighted by molar-refractivity contribution is 4.97. The fraction of sp³-hybridized carbons (Fsp3) is 1.00. The van der Waals surface area contributed by atoms with Crippen LogP contribution in [-0.2, 0) is 42.6 Å². The highest BCUT2D eigenvalue weighted by atomic mass is 16.8. The molecular weight excluding hydrogens is 648 g/mol. The number of aliphatic hydroxyl groups is 12. The van der Waals surface area contributed by atoms with Crippen LogP contribution in [0.1, 0.15) is 0 Å². The third-order valence-electron chi connectivity index (χ3n) is 8.50. The highest BCUT2D eigenvalue weighted by Crippen LogP contribution is 2.34. The first kappa shape index (κ1) is 39.0. The van der Waals surface area contributed by atoms with Gasteiger partial charge < -0.3 is 104 Å². The Hall–Kier alpha value is -0.840. The van der Waals surface area contributed by atoms with Gasteiger partial charge in [-0.05, 0) is 0 Å². The van der Waals surface area contributed by atoms with Gasteiger partial charge in [-0.25, -0.2) is 0 Å². The second-order valence-electron chi connectivity index (χ2n) is 11.7. The number of aliphatic hydroxyl groups excluding tert-OH is 12. The Balaban J connectivity index is 1.45. The Kier molecular flexibility index (Phi) is 14.0. The lowest BCUT2D eigenvalue weighted by atomic mass is 9.95. The van der Waals surface area contributed by atoms with E-state index in [0.717, 1.165) is 0 Å². The standard InChI is InChI=1S/C26H46O21/c1-39-5-9-11(29)12(30)17(35)24(43-9)46-21-8(4-28)42-25(18(36)14(21)32)47-22-10(6-40-2)44-26(19(37)15(22)33)45-20-7(3-27)41-23(38)16(34)13(20)31/h7-38H,3-6H2,1-2H3/t7-,8-,9-,10-,11-,12+,13-,14-,15-,16-,17-,18-,19-,20-,21-,22-,23?,24-,25-,26-/m1/s1. The SMILES string of the molecule is COC[C@H]1O[C@H](O[C@H]2[C@H](O)[C@@H](O)[C@@H](O[C@H]3[C@H](O)[C@@H](O)[C@@H](O[C@H]4[C@H](O)[C@@H](O)C(O)O[C@@H]4CO)O[C@@H]3COC)O[C@@H]2CO)[C@H](O)[C@@H](O)[C@@H]1O. The smallest absolute Gasteiger partial charge is 0.187 e. The number of hydrogen-bond donors (Lipinski definition) is 12. The molecule has 12 N–H and O–H groups in total. The van der Waals surface area contributed by atoms with E-state index >= 15 is 0 Å². The van der Waals surface area contributed by atoms with Crippen LogP contribution in [0.2, 0.25) is 0 Å². The molecule has 0 saturated carbocycles. The number of methoxy groups -OCH3 is 2. The van der Waals surface area contributed by atoms with Crippen molar-refractivity contribution in [3.05, 3.63) is 0 Å². The maximum Gasteiger partial charge on any atom is 0.187 e. The van der Waals surface area contributed by atoms with Gasteiger partial charge in [0.1, 0.15) is 97.7 Å². The summed E-state index contributed by atoms with van der Waals surface area (Å²) in [6, 6.07) is 0. The van der Waals surface area contributed by atoms with Crippen molar-refractivity contribution in [2.45, 2.75) is 123 Å². The first-order chi connectivity index (χ1) is 22.3. The minimum Gasteiger partial charge on any atom is -0.394 e. The largest absolute Gasteiger partial charge is 0.394 e. The Morgan fingerprint density at radius 2 is 0.766 bits per heavy atom. The minimum absolute atomic E-state index is 0.204. The van der Waals surface area contributed by atoms with Crippen LogP contribution in [0.3, 0.4) is 0 Å². The van der Waals surface area contributed by atoms with E-state index in [1.807, 2.05) is 0 Å². The van der Waals surface area contributed by atoms with Crippen molar-refractivity contribution in [2.75, 3.05) is 40.6 Å². The van der Waals surface area contributed by atoms with Crippen molar-refractivity contribution in [3.8, 4) is 0 Å². The molecule has 4 saturated heterocycles. The first-order valence-electron chi connectivity index (χ1n) is 14.9. The second-order valence-corrected chi connectivity index (χ2v) is 11.7. The van der Waals surface area contributed by atoms with Crippen molar-refractivity contribution >= 4 is 0 Å². The van der Waals surface area contributed by atoms with Crippen molar-refractivity contribution in [3.63, 3.8) is 0 Å². The summed E-state index contributed by atoms with van der Waals surface area (Å²) in [5.74, 6) is 0. The lowest BCUT2D eigenvalue weighted by Crippen LogP contribution is -2.67. The molecule has 1 unspecified atom stereocenters. The van der Waals surface area contributed by atoms with E-state index in [9.17, 15) is 61.3 Å². The van der Waals surface area contributed by atoms with Gasteiger partial charge in [0.05, 0.1) is 26.4 Å². The monoisotopic (exact) mass is 694 g/mol. The molecule has 0 radical (unpaired) electrons. The predicted octanol–water partition coefficient (Wildman–Crippen LogP) is -8.44. The summed E-state index contributed by atoms with van der Waals surface area (Å²) in [5, 5.41) is 124. The van der Waals surface area contributed by atoms with Gasteiger partial charge in [0, 0.05) is 14.2 Å². The lowest BCUT2D eigenvalue weighted by Gasteiger charge is -2.49. The zero-order valence-corrected chi connectivity index (χ0v) is 25.4. The van der Waals surface area contributed by atoms with Gasteiger partial charge >= 0.3 is 0 Å². The molecule has 4 rings (SSSR count). The average Bonchev–Trinajstić information content (AvgIpc) is 3.05. The van der Waals surface area contributed by atoms with Crippen LogP contribution in [0.15, 0.2) is 0 Å². The molecule has 276 valence electrons. The first-order valence-corrected chi connectivity index (χ1v) is 14.9. The maximum absolute atomic E-state index is 11.0. The van der Waals surface area contributed by atoms with Crippen molar-refractivity contribution in [2.24, 2.45) is 0 Å². The zero-order valence-electron chi connectivity index (χ0n) is 25.4. The molecule has 0 spiro atoms. The summed E-state index contributed by atoms with van der Waals surface area (Å²) in [5.41, 5.74) is 0. The highest BCUT2D eigenvalue weighted by Gasteiger charge is 2.55. The molecule has 21 heteroatoms. The van der Waals surface area contributed by atoms with Gasteiger partial charge in [0.25, 0.3) is 0 Å². The third kappa shape index (κ3) is 8.22. The topological polar surface area (TPSA) is 326 Å². The molecule has 4 heterocycles. The summed E-state index contributed by atoms with van der Waals surface area (Å²) in [4.78, 5) is 0. The molecule has 21 nitrogen and oxygen atoms in total. The molecule has 4 fully saturated rings. The van der Waals surface area contributed by atoms with Gasteiger partial charge in [0.15, 0.2) is 25.2 Å². The number of hydrogen-bond acceptors (Lipinski definition) is 21. The quantitative estimate of drug-likeness (QED) is 0.0902. The van der Waals surface area contributed by atoms with Crippen LogP contribution in [-0.4, -0.2) is 225 Å². The molecule has 4 aliphatic rings. The van der Waals surface area contributed by atoms with E-state index in [2.05, 4.69) is 0 Å². The molecular formula is C26H46O21. The van der Waals surface area contributed by atoms with Crippen LogP contribution in [0.4, 0.5) is 0 Å². The van der Waals surface area contributed by atoms with Crippen molar-refractivity contribution in [1.29, 1.82) is 0 Å². The summed E-state index contributed by atoms with van der Waals surface area (Å²) in [7, 11) is 2.57. The van der Waals surface area contributed by atoms with E-state index in [4.69, 9.17) is 42.6 Å². The van der Waals surface area contributed by atoms with Crippen LogP contribution >= 0.6 is 0 Å². The van der Waals surface area contributed by atoms with E-state index in [1.54, 1.807) is 0 Å². The maximum atomic E-state index is 11.0. The summed E-state index contributed by atoms with van der Waals surface area (Å²) >= 11 is 0. The van der Waals surface area contributed by atoms with Gasteiger partial charge in [-0.1, -0.05) is 0 Å². The average molecular weight is 695 g/mol. The molecule has 4 aliphatic heterocycles. The summed E-state index contributed by atoms with van der Waals surface area (Å²) in [6.45, 7) is -2.14. The summed E-state index contributed by atoms with van der Waals surface area (Å²) in [6.07, 6.45) is -33.5. The minimum atomic E-state index is -1.96. The Labute approximate surface area is 267 Å². The number of ether oxygens (including phenoxy) is 9. The van der Waals surface area contributed by atoms with Crippen LogP contribution in [0, 0.1) is 0 Å².